The van der Waals surface area contributed by atoms with Crippen molar-refractivity contribution in [3.05, 3.63) is 83.4 Å². The lowest BCUT2D eigenvalue weighted by Crippen LogP contribution is -2.53. The summed E-state index contributed by atoms with van der Waals surface area (Å²) in [6.07, 6.45) is 14.3. The van der Waals surface area contributed by atoms with Gasteiger partial charge in [-0.25, -0.2) is 0 Å². The summed E-state index contributed by atoms with van der Waals surface area (Å²) in [5.41, 5.74) is 4.24. The van der Waals surface area contributed by atoms with E-state index in [-0.39, 0.29) is 28.7 Å². The van der Waals surface area contributed by atoms with Crippen LogP contribution >= 0.6 is 0 Å². The number of hydrogen-bond acceptors (Lipinski definition) is 3. The molecule has 2 aromatic rings. The Labute approximate surface area is 247 Å². The first-order valence-electron chi connectivity index (χ1n) is 16.4. The second-order valence-electron chi connectivity index (χ2n) is 14.9. The molecule has 2 aromatic carbocycles. The lowest BCUT2D eigenvalue weighted by Gasteiger charge is -2.59. The van der Waals surface area contributed by atoms with Gasteiger partial charge in [0.1, 0.15) is 11.7 Å². The first-order chi connectivity index (χ1) is 19.7. The minimum absolute atomic E-state index is 0.0713. The molecule has 3 saturated carbocycles. The van der Waals surface area contributed by atoms with E-state index >= 15 is 0 Å². The highest BCUT2D eigenvalue weighted by atomic mass is 16.5. The molecule has 8 atom stereocenters. The van der Waals surface area contributed by atoms with E-state index in [0.717, 1.165) is 49.9 Å². The Morgan fingerprint density at radius 2 is 1.49 bits per heavy atom. The van der Waals surface area contributed by atoms with Crippen molar-refractivity contribution in [1.82, 2.24) is 0 Å². The van der Waals surface area contributed by atoms with Gasteiger partial charge in [0, 0.05) is 13.3 Å². The third kappa shape index (κ3) is 4.20. The third-order valence-electron chi connectivity index (χ3n) is 13.0. The molecule has 4 fully saturated rings. The molecule has 4 aliphatic carbocycles. The molecule has 0 spiro atoms. The van der Waals surface area contributed by atoms with Gasteiger partial charge in [0.2, 0.25) is 0 Å². The molecule has 0 radical (unpaired) electrons. The van der Waals surface area contributed by atoms with Crippen LogP contribution in [0.15, 0.2) is 72.3 Å². The summed E-state index contributed by atoms with van der Waals surface area (Å²) in [5.74, 6) is 2.71. The number of carbonyl (C=O) groups is 1. The van der Waals surface area contributed by atoms with Crippen molar-refractivity contribution in [2.45, 2.75) is 109 Å². The van der Waals surface area contributed by atoms with Crippen molar-refractivity contribution in [2.24, 2.45) is 34.5 Å². The second-order valence-corrected chi connectivity index (χ2v) is 14.9. The van der Waals surface area contributed by atoms with Gasteiger partial charge in [-0.05, 0) is 110 Å². The van der Waals surface area contributed by atoms with Crippen LogP contribution in [0.5, 0.6) is 0 Å². The van der Waals surface area contributed by atoms with Gasteiger partial charge in [-0.15, -0.1) is 0 Å². The van der Waals surface area contributed by atoms with Gasteiger partial charge in [-0.2, -0.15) is 0 Å². The van der Waals surface area contributed by atoms with Crippen LogP contribution in [0.1, 0.15) is 103 Å². The van der Waals surface area contributed by atoms with Crippen molar-refractivity contribution >= 4 is 5.97 Å². The molecule has 0 aromatic heterocycles. The SMILES string of the molecule is CC(=O)O[C@@H]1CC[C@@]2(C)C(=CC[C@@H]3[C@@H]4CC[C@H]([C@]5(C)CCC(c6ccccc6)(c6ccccc6)O5)[C@@]4(C)CC[C@@H]32)C1. The molecule has 0 bridgehead atoms. The van der Waals surface area contributed by atoms with Crippen molar-refractivity contribution < 1.29 is 14.3 Å². The quantitative estimate of drug-likeness (QED) is 0.280. The molecule has 0 unspecified atom stereocenters. The van der Waals surface area contributed by atoms with Crippen LogP contribution in [0.25, 0.3) is 0 Å². The van der Waals surface area contributed by atoms with Gasteiger partial charge in [0.05, 0.1) is 5.60 Å². The van der Waals surface area contributed by atoms with Crippen LogP contribution in [-0.2, 0) is 19.9 Å². The standard InChI is InChI=1S/C38H48O3/c1-26(39)40-30-19-21-35(2)29(25-30)15-16-31-32-17-18-34(36(32,3)22-20-33(31)35)37(4)23-24-38(41-37,27-11-7-5-8-12-27)28-13-9-6-10-14-28/h5-15,30-34H,16-25H2,1-4H3/t30-,31-,32+,33+,34+,35+,36+,37+/m1/s1. The summed E-state index contributed by atoms with van der Waals surface area (Å²) >= 11 is 0. The molecule has 1 saturated heterocycles. The maximum atomic E-state index is 11.7. The molecule has 0 amide bonds. The number of fused-ring (bicyclic) bond motifs is 5. The number of hydrogen-bond donors (Lipinski definition) is 0. The van der Waals surface area contributed by atoms with Crippen molar-refractivity contribution in [3.63, 3.8) is 0 Å². The Hall–Kier alpha value is -2.39. The molecule has 3 nitrogen and oxygen atoms in total. The van der Waals surface area contributed by atoms with E-state index in [2.05, 4.69) is 87.5 Å². The molecule has 218 valence electrons. The van der Waals surface area contributed by atoms with Crippen LogP contribution in [0.3, 0.4) is 0 Å². The predicted octanol–water partition coefficient (Wildman–Crippen LogP) is 9.01. The first kappa shape index (κ1) is 27.4. The lowest BCUT2D eigenvalue weighted by molar-refractivity contribution is -0.153. The van der Waals surface area contributed by atoms with Crippen LogP contribution in [0.2, 0.25) is 0 Å². The molecule has 1 heterocycles. The number of carbonyl (C=O) groups excluding carboxylic acids is 1. The minimum Gasteiger partial charge on any atom is -0.462 e. The van der Waals surface area contributed by atoms with E-state index in [1.165, 1.54) is 43.2 Å². The Balaban J connectivity index is 1.17. The highest BCUT2D eigenvalue weighted by Crippen LogP contribution is 2.69. The van der Waals surface area contributed by atoms with Gasteiger partial charge in [0.15, 0.2) is 0 Å². The Morgan fingerprint density at radius 1 is 0.805 bits per heavy atom. The molecular weight excluding hydrogens is 504 g/mol. The van der Waals surface area contributed by atoms with Crippen molar-refractivity contribution in [1.29, 1.82) is 0 Å². The zero-order valence-corrected chi connectivity index (χ0v) is 25.5. The summed E-state index contributed by atoms with van der Waals surface area (Å²) in [5, 5.41) is 0. The van der Waals surface area contributed by atoms with Gasteiger partial charge >= 0.3 is 5.97 Å². The van der Waals surface area contributed by atoms with E-state index in [1.807, 2.05) is 0 Å². The second kappa shape index (κ2) is 9.83. The summed E-state index contributed by atoms with van der Waals surface area (Å²) in [7, 11) is 0. The number of allylic oxidation sites excluding steroid dienone is 1. The summed E-state index contributed by atoms with van der Waals surface area (Å²) in [4.78, 5) is 11.7. The van der Waals surface area contributed by atoms with Gasteiger partial charge in [-0.1, -0.05) is 86.2 Å². The predicted molar refractivity (Wildman–Crippen MR) is 163 cm³/mol. The number of rotatable bonds is 4. The van der Waals surface area contributed by atoms with Crippen molar-refractivity contribution in [3.8, 4) is 0 Å². The van der Waals surface area contributed by atoms with Gasteiger partial charge < -0.3 is 9.47 Å². The smallest absolute Gasteiger partial charge is 0.302 e. The average molecular weight is 553 g/mol. The maximum Gasteiger partial charge on any atom is 0.302 e. The zero-order chi connectivity index (χ0) is 28.5. The van der Waals surface area contributed by atoms with E-state index in [1.54, 1.807) is 12.5 Å². The Kier molecular flexibility index (Phi) is 6.58. The normalized spacial score (nSPS) is 41.1. The highest BCUT2D eigenvalue weighted by molar-refractivity contribution is 5.66. The molecule has 0 N–H and O–H groups in total. The highest BCUT2D eigenvalue weighted by Gasteiger charge is 2.64. The van der Waals surface area contributed by atoms with E-state index in [9.17, 15) is 4.79 Å². The number of benzene rings is 2. The lowest BCUT2D eigenvalue weighted by atomic mass is 9.46. The summed E-state index contributed by atoms with van der Waals surface area (Å²) < 4.78 is 13.2. The van der Waals surface area contributed by atoms with Crippen LogP contribution < -0.4 is 0 Å². The largest absolute Gasteiger partial charge is 0.462 e. The third-order valence-corrected chi connectivity index (χ3v) is 13.0. The van der Waals surface area contributed by atoms with Crippen LogP contribution in [0.4, 0.5) is 0 Å². The molecule has 1 aliphatic heterocycles. The van der Waals surface area contributed by atoms with E-state index in [4.69, 9.17) is 9.47 Å². The minimum atomic E-state index is -0.376. The molecular formula is C38H48O3. The van der Waals surface area contributed by atoms with Crippen LogP contribution in [-0.4, -0.2) is 17.7 Å². The fourth-order valence-electron chi connectivity index (χ4n) is 11.1. The van der Waals surface area contributed by atoms with Gasteiger partial charge in [-0.3, -0.25) is 4.79 Å². The number of esters is 1. The average Bonchev–Trinajstić information content (AvgIpc) is 3.53. The molecule has 7 rings (SSSR count). The number of ether oxygens (including phenoxy) is 2. The fourth-order valence-corrected chi connectivity index (χ4v) is 11.1. The molecule has 41 heavy (non-hydrogen) atoms. The monoisotopic (exact) mass is 552 g/mol. The summed E-state index contributed by atoms with van der Waals surface area (Å²) in [6, 6.07) is 22.0. The molecule has 5 aliphatic rings. The van der Waals surface area contributed by atoms with Crippen LogP contribution in [0, 0.1) is 34.5 Å². The van der Waals surface area contributed by atoms with Crippen molar-refractivity contribution in [2.75, 3.05) is 0 Å². The Morgan fingerprint density at radius 3 is 2.15 bits per heavy atom. The summed E-state index contributed by atoms with van der Waals surface area (Å²) in [6.45, 7) is 9.20. The Bertz CT molecular complexity index is 1280. The maximum absolute atomic E-state index is 11.7. The van der Waals surface area contributed by atoms with Gasteiger partial charge in [0.25, 0.3) is 0 Å². The fraction of sp³-hybridized carbons (Fsp3) is 0.605. The first-order valence-corrected chi connectivity index (χ1v) is 16.4. The van der Waals surface area contributed by atoms with E-state index < -0.39 is 0 Å². The topological polar surface area (TPSA) is 35.5 Å². The van der Waals surface area contributed by atoms with E-state index in [0.29, 0.717) is 11.3 Å². The molecule has 3 heteroatoms. The zero-order valence-electron chi connectivity index (χ0n) is 25.5.